The summed E-state index contributed by atoms with van der Waals surface area (Å²) in [6.07, 6.45) is 1.29. The average Bonchev–Trinajstić information content (AvgIpc) is 3.03. The van der Waals surface area contributed by atoms with Gasteiger partial charge in [-0.05, 0) is 26.7 Å². The molecule has 0 unspecified atom stereocenters. The maximum absolute atomic E-state index is 13.0. The molecule has 2 heterocycles. The summed E-state index contributed by atoms with van der Waals surface area (Å²) in [5.74, 6) is 0.177. The number of hydrogen-bond donors (Lipinski definition) is 1. The Morgan fingerprint density at radius 1 is 1.27 bits per heavy atom. The second kappa shape index (κ2) is 7.28. The highest BCUT2D eigenvalue weighted by atomic mass is 32.2. The number of nitrogens with zero attached hydrogens (tertiary/aromatic N) is 2. The molecular weight excluding hydrogens is 358 g/mol. The van der Waals surface area contributed by atoms with Crippen molar-refractivity contribution in [2.75, 3.05) is 25.5 Å². The molecule has 1 N–H and O–H groups in total. The third-order valence-electron chi connectivity index (χ3n) is 4.76. The van der Waals surface area contributed by atoms with Gasteiger partial charge in [0.15, 0.2) is 10.6 Å². The normalized spacial score (nSPS) is 18.1. The first-order valence-electron chi connectivity index (χ1n) is 8.70. The van der Waals surface area contributed by atoms with Crippen LogP contribution >= 0.6 is 0 Å². The van der Waals surface area contributed by atoms with Gasteiger partial charge < -0.3 is 14.6 Å². The van der Waals surface area contributed by atoms with Crippen LogP contribution in [0, 0.1) is 0 Å². The highest BCUT2D eigenvalue weighted by Gasteiger charge is 2.46. The maximum Gasteiger partial charge on any atom is 0.247 e. The van der Waals surface area contributed by atoms with Gasteiger partial charge in [0.1, 0.15) is 5.76 Å². The number of carbonyl (C=O) groups is 1. The van der Waals surface area contributed by atoms with E-state index in [9.17, 15) is 13.2 Å². The molecule has 1 saturated heterocycles. The van der Waals surface area contributed by atoms with Crippen LogP contribution in [-0.4, -0.2) is 54.8 Å². The zero-order valence-electron chi connectivity index (χ0n) is 16.3. The van der Waals surface area contributed by atoms with Crippen molar-refractivity contribution >= 4 is 21.7 Å². The minimum atomic E-state index is -3.83. The van der Waals surface area contributed by atoms with E-state index in [4.69, 9.17) is 9.26 Å². The van der Waals surface area contributed by atoms with E-state index >= 15 is 0 Å². The number of aromatic nitrogens is 1. The summed E-state index contributed by atoms with van der Waals surface area (Å²) in [6.45, 7) is 9.37. The fourth-order valence-electron chi connectivity index (χ4n) is 2.70. The van der Waals surface area contributed by atoms with E-state index in [2.05, 4.69) is 10.5 Å². The molecule has 0 aliphatic carbocycles. The molecule has 8 nitrogen and oxygen atoms in total. The van der Waals surface area contributed by atoms with E-state index in [1.54, 1.807) is 13.2 Å². The molecule has 1 aromatic rings. The molecule has 0 bridgehead atoms. The van der Waals surface area contributed by atoms with Crippen molar-refractivity contribution in [2.24, 2.45) is 0 Å². The Kier molecular flexibility index (Phi) is 5.84. The molecule has 0 saturated carbocycles. The molecular formula is C17H29N3O5S. The van der Waals surface area contributed by atoms with Gasteiger partial charge in [0.05, 0.1) is 6.10 Å². The molecule has 1 aromatic heterocycles. The molecule has 1 fully saturated rings. The summed E-state index contributed by atoms with van der Waals surface area (Å²) < 4.78 is 36.2. The van der Waals surface area contributed by atoms with Crippen LogP contribution in [0.15, 0.2) is 10.6 Å². The van der Waals surface area contributed by atoms with Crippen molar-refractivity contribution < 1.29 is 22.5 Å². The Hall–Kier alpha value is -1.45. The van der Waals surface area contributed by atoms with E-state index in [1.165, 1.54) is 18.2 Å². The number of sulfonamides is 1. The summed E-state index contributed by atoms with van der Waals surface area (Å²) in [6, 6.07) is 1.62. The van der Waals surface area contributed by atoms with Crippen LogP contribution in [0.25, 0.3) is 0 Å². The van der Waals surface area contributed by atoms with Gasteiger partial charge >= 0.3 is 0 Å². The predicted octanol–water partition coefficient (Wildman–Crippen LogP) is 2.13. The first-order valence-corrected chi connectivity index (χ1v) is 10.1. The largest absolute Gasteiger partial charge is 0.381 e. The lowest BCUT2D eigenvalue weighted by atomic mass is 9.93. The van der Waals surface area contributed by atoms with Gasteiger partial charge in [-0.2, -0.15) is 0 Å². The van der Waals surface area contributed by atoms with Crippen molar-refractivity contribution in [2.45, 2.75) is 63.7 Å². The lowest BCUT2D eigenvalue weighted by molar-refractivity contribution is -0.118. The van der Waals surface area contributed by atoms with E-state index in [0.717, 1.165) is 0 Å². The highest BCUT2D eigenvalue weighted by molar-refractivity contribution is 7.91. The molecule has 0 aromatic carbocycles. The number of amides is 1. The van der Waals surface area contributed by atoms with Gasteiger partial charge in [-0.15, -0.1) is 0 Å². The topological polar surface area (TPSA) is 102 Å². The van der Waals surface area contributed by atoms with Gasteiger partial charge in [0.2, 0.25) is 15.9 Å². The number of ether oxygens (including phenoxy) is 1. The number of carbonyl (C=O) groups excluding carboxylic acids is 1. The van der Waals surface area contributed by atoms with Crippen LogP contribution in [0.1, 0.15) is 53.2 Å². The maximum atomic E-state index is 13.0. The number of rotatable bonds is 5. The Balaban J connectivity index is 2.12. The van der Waals surface area contributed by atoms with E-state index in [1.807, 2.05) is 20.8 Å². The predicted molar refractivity (Wildman–Crippen MR) is 98.4 cm³/mol. The minimum absolute atomic E-state index is 0.0596. The van der Waals surface area contributed by atoms with Gasteiger partial charge in [-0.3, -0.25) is 4.79 Å². The zero-order valence-corrected chi connectivity index (χ0v) is 17.1. The van der Waals surface area contributed by atoms with E-state index in [0.29, 0.717) is 31.7 Å². The molecule has 148 valence electrons. The second-order valence-electron chi connectivity index (χ2n) is 8.13. The van der Waals surface area contributed by atoms with E-state index in [-0.39, 0.29) is 17.3 Å². The first kappa shape index (κ1) is 20.9. The Morgan fingerprint density at radius 2 is 1.85 bits per heavy atom. The summed E-state index contributed by atoms with van der Waals surface area (Å²) in [5, 5.41) is 6.39. The summed E-state index contributed by atoms with van der Waals surface area (Å²) in [7, 11) is -2.21. The van der Waals surface area contributed by atoms with Crippen molar-refractivity contribution in [1.29, 1.82) is 0 Å². The standard InChI is InChI=1S/C17H29N3O5S/c1-16(2,3)13-11-14(19-25-13)18-15(21)17(4,5)26(22,23)20-9-7-12(24-6)8-10-20/h11-12H,7-10H2,1-6H3,(H,18,19,21). The molecule has 0 radical (unpaired) electrons. The minimum Gasteiger partial charge on any atom is -0.381 e. The van der Waals surface area contributed by atoms with Crippen molar-refractivity contribution in [3.63, 3.8) is 0 Å². The molecule has 1 amide bonds. The van der Waals surface area contributed by atoms with Gasteiger partial charge in [0, 0.05) is 31.7 Å². The number of nitrogens with one attached hydrogen (secondary N) is 1. The highest BCUT2D eigenvalue weighted by Crippen LogP contribution is 2.28. The third kappa shape index (κ3) is 4.10. The number of hydrogen-bond acceptors (Lipinski definition) is 6. The van der Waals surface area contributed by atoms with Crippen LogP contribution in [-0.2, 0) is 25.0 Å². The number of methoxy groups -OCH3 is 1. The Morgan fingerprint density at radius 3 is 2.31 bits per heavy atom. The van der Waals surface area contributed by atoms with Crippen LogP contribution in [0.4, 0.5) is 5.82 Å². The summed E-state index contributed by atoms with van der Waals surface area (Å²) >= 11 is 0. The molecule has 2 rings (SSSR count). The SMILES string of the molecule is COC1CCN(S(=O)(=O)C(C)(C)C(=O)Nc2cc(C(C)(C)C)on2)CC1. The monoisotopic (exact) mass is 387 g/mol. The molecule has 26 heavy (non-hydrogen) atoms. The number of piperidine rings is 1. The smallest absolute Gasteiger partial charge is 0.247 e. The first-order chi connectivity index (χ1) is 11.9. The molecule has 0 atom stereocenters. The third-order valence-corrected chi connectivity index (χ3v) is 7.28. The van der Waals surface area contributed by atoms with Gasteiger partial charge in [0.25, 0.3) is 0 Å². The molecule has 9 heteroatoms. The number of anilines is 1. The van der Waals surface area contributed by atoms with Crippen LogP contribution in [0.2, 0.25) is 0 Å². The fourth-order valence-corrected chi connectivity index (χ4v) is 4.32. The Bertz CT molecular complexity index is 741. The van der Waals surface area contributed by atoms with Crippen LogP contribution in [0.5, 0.6) is 0 Å². The van der Waals surface area contributed by atoms with E-state index < -0.39 is 20.7 Å². The van der Waals surface area contributed by atoms with Crippen molar-refractivity contribution in [3.8, 4) is 0 Å². The van der Waals surface area contributed by atoms with Crippen molar-refractivity contribution in [3.05, 3.63) is 11.8 Å². The summed E-state index contributed by atoms with van der Waals surface area (Å²) in [5.41, 5.74) is -0.261. The Labute approximate surface area is 155 Å². The van der Waals surface area contributed by atoms with Gasteiger partial charge in [-0.1, -0.05) is 25.9 Å². The molecule has 1 aliphatic rings. The van der Waals surface area contributed by atoms with Crippen LogP contribution in [0.3, 0.4) is 0 Å². The summed E-state index contributed by atoms with van der Waals surface area (Å²) in [4.78, 5) is 12.7. The second-order valence-corrected chi connectivity index (χ2v) is 10.6. The average molecular weight is 388 g/mol. The van der Waals surface area contributed by atoms with Crippen LogP contribution < -0.4 is 5.32 Å². The molecule has 1 aliphatic heterocycles. The quantitative estimate of drug-likeness (QED) is 0.830. The molecule has 0 spiro atoms. The van der Waals surface area contributed by atoms with Crippen molar-refractivity contribution in [1.82, 2.24) is 9.46 Å². The van der Waals surface area contributed by atoms with Gasteiger partial charge in [-0.25, -0.2) is 12.7 Å². The lowest BCUT2D eigenvalue weighted by Crippen LogP contribution is -2.54. The lowest BCUT2D eigenvalue weighted by Gasteiger charge is -2.35. The fraction of sp³-hybridized carbons (Fsp3) is 0.765. The zero-order chi connectivity index (χ0) is 19.8.